The Morgan fingerprint density at radius 1 is 1.14 bits per heavy atom. The molecule has 28 heavy (non-hydrogen) atoms. The molecule has 0 aliphatic carbocycles. The van der Waals surface area contributed by atoms with E-state index in [2.05, 4.69) is 5.32 Å². The molecule has 2 aromatic carbocycles. The number of carbonyl (C=O) groups excluding carboxylic acids is 1. The summed E-state index contributed by atoms with van der Waals surface area (Å²) in [6.07, 6.45) is 1.17. The Morgan fingerprint density at radius 3 is 2.50 bits per heavy atom. The monoisotopic (exact) mass is 404 g/mol. The zero-order valence-electron chi connectivity index (χ0n) is 17.0. The molecule has 0 atom stereocenters. The zero-order chi connectivity index (χ0) is 20.9. The second kappa shape index (κ2) is 9.10. The first-order chi connectivity index (χ1) is 13.1. The van der Waals surface area contributed by atoms with Gasteiger partial charge in [0.1, 0.15) is 12.3 Å². The Kier molecular flexibility index (Phi) is 7.07. The van der Waals surface area contributed by atoms with Crippen LogP contribution in [-0.4, -0.2) is 33.2 Å². The highest BCUT2D eigenvalue weighted by atomic mass is 32.2. The Balaban J connectivity index is 2.10. The van der Waals surface area contributed by atoms with E-state index in [1.165, 1.54) is 0 Å². The molecule has 0 radical (unpaired) electrons. The molecule has 0 unspecified atom stereocenters. The SMILES string of the molecule is Cc1ccc(C)c(N(CC(=O)NCc2cccc(OC(C)C)c2)S(C)(=O)=O)c1. The minimum absolute atomic E-state index is 0.0609. The van der Waals surface area contributed by atoms with Crippen LogP contribution < -0.4 is 14.4 Å². The van der Waals surface area contributed by atoms with Crippen LogP contribution in [0.3, 0.4) is 0 Å². The van der Waals surface area contributed by atoms with Crippen molar-refractivity contribution in [1.82, 2.24) is 5.32 Å². The molecule has 152 valence electrons. The summed E-state index contributed by atoms with van der Waals surface area (Å²) in [7, 11) is -3.60. The number of hydrogen-bond acceptors (Lipinski definition) is 4. The average Bonchev–Trinajstić information content (AvgIpc) is 2.59. The van der Waals surface area contributed by atoms with Crippen molar-refractivity contribution in [3.05, 3.63) is 59.2 Å². The summed E-state index contributed by atoms with van der Waals surface area (Å²) in [6.45, 7) is 7.62. The molecule has 0 bridgehead atoms. The Morgan fingerprint density at radius 2 is 1.86 bits per heavy atom. The van der Waals surface area contributed by atoms with Crippen molar-refractivity contribution >= 4 is 21.6 Å². The van der Waals surface area contributed by atoms with Gasteiger partial charge in [-0.3, -0.25) is 9.10 Å². The Labute approximate surface area is 167 Å². The van der Waals surface area contributed by atoms with E-state index in [9.17, 15) is 13.2 Å². The fourth-order valence-corrected chi connectivity index (χ4v) is 3.66. The highest BCUT2D eigenvalue weighted by molar-refractivity contribution is 7.92. The minimum Gasteiger partial charge on any atom is -0.491 e. The van der Waals surface area contributed by atoms with E-state index in [4.69, 9.17) is 4.74 Å². The van der Waals surface area contributed by atoms with Crippen molar-refractivity contribution in [2.45, 2.75) is 40.3 Å². The van der Waals surface area contributed by atoms with Gasteiger partial charge in [0.25, 0.3) is 0 Å². The number of rotatable bonds is 8. The summed E-state index contributed by atoms with van der Waals surface area (Å²) in [5, 5.41) is 2.79. The van der Waals surface area contributed by atoms with Gasteiger partial charge in [0.15, 0.2) is 0 Å². The van der Waals surface area contributed by atoms with Crippen LogP contribution in [0.1, 0.15) is 30.5 Å². The zero-order valence-corrected chi connectivity index (χ0v) is 17.8. The van der Waals surface area contributed by atoms with Gasteiger partial charge in [-0.1, -0.05) is 24.3 Å². The summed E-state index contributed by atoms with van der Waals surface area (Å²) in [4.78, 5) is 12.5. The van der Waals surface area contributed by atoms with Crippen LogP contribution in [0, 0.1) is 13.8 Å². The maximum Gasteiger partial charge on any atom is 0.241 e. The smallest absolute Gasteiger partial charge is 0.241 e. The third-order valence-electron chi connectivity index (χ3n) is 4.08. The van der Waals surface area contributed by atoms with Crippen LogP contribution >= 0.6 is 0 Å². The summed E-state index contributed by atoms with van der Waals surface area (Å²) in [6, 6.07) is 13.0. The molecule has 0 heterocycles. The van der Waals surface area contributed by atoms with Crippen molar-refractivity contribution in [2.75, 3.05) is 17.1 Å². The summed E-state index contributed by atoms with van der Waals surface area (Å²) < 4.78 is 31.4. The molecule has 0 aliphatic heterocycles. The standard InChI is InChI=1S/C21H28N2O4S/c1-15(2)27-19-8-6-7-18(12-19)13-22-21(24)14-23(28(5,25)26)20-11-16(3)9-10-17(20)4/h6-12,15H,13-14H2,1-5H3,(H,22,24). The summed E-state index contributed by atoms with van der Waals surface area (Å²) >= 11 is 0. The van der Waals surface area contributed by atoms with Crippen LogP contribution in [0.15, 0.2) is 42.5 Å². The molecule has 6 nitrogen and oxygen atoms in total. The molecule has 2 aromatic rings. The number of sulfonamides is 1. The first-order valence-electron chi connectivity index (χ1n) is 9.13. The number of aryl methyl sites for hydroxylation is 2. The van der Waals surface area contributed by atoms with E-state index in [1.54, 1.807) is 6.07 Å². The summed E-state index contributed by atoms with van der Waals surface area (Å²) in [5.74, 6) is 0.358. The van der Waals surface area contributed by atoms with Crippen LogP contribution in [-0.2, 0) is 21.4 Å². The molecule has 0 saturated carbocycles. The lowest BCUT2D eigenvalue weighted by Crippen LogP contribution is -2.40. The van der Waals surface area contributed by atoms with E-state index in [0.717, 1.165) is 33.0 Å². The average molecular weight is 405 g/mol. The van der Waals surface area contributed by atoms with Gasteiger partial charge < -0.3 is 10.1 Å². The first-order valence-corrected chi connectivity index (χ1v) is 11.0. The Hall–Kier alpha value is -2.54. The Bertz CT molecular complexity index is 939. The van der Waals surface area contributed by atoms with Gasteiger partial charge in [0.2, 0.25) is 15.9 Å². The maximum absolute atomic E-state index is 12.5. The molecule has 1 N–H and O–H groups in total. The van der Waals surface area contributed by atoms with Gasteiger partial charge in [-0.05, 0) is 62.6 Å². The number of benzene rings is 2. The van der Waals surface area contributed by atoms with Gasteiger partial charge in [0.05, 0.1) is 18.0 Å². The quantitative estimate of drug-likeness (QED) is 0.733. The number of nitrogens with one attached hydrogen (secondary N) is 1. The topological polar surface area (TPSA) is 75.7 Å². The lowest BCUT2D eigenvalue weighted by atomic mass is 10.1. The van der Waals surface area contributed by atoms with Crippen LogP contribution in [0.25, 0.3) is 0 Å². The van der Waals surface area contributed by atoms with E-state index in [1.807, 2.05) is 64.1 Å². The highest BCUT2D eigenvalue weighted by Gasteiger charge is 2.22. The van der Waals surface area contributed by atoms with Crippen LogP contribution in [0.2, 0.25) is 0 Å². The van der Waals surface area contributed by atoms with Crippen LogP contribution in [0.5, 0.6) is 5.75 Å². The van der Waals surface area contributed by atoms with Gasteiger partial charge >= 0.3 is 0 Å². The summed E-state index contributed by atoms with van der Waals surface area (Å²) in [5.41, 5.74) is 3.12. The van der Waals surface area contributed by atoms with Gasteiger partial charge in [-0.2, -0.15) is 0 Å². The number of nitrogens with zero attached hydrogens (tertiary/aromatic N) is 1. The van der Waals surface area contributed by atoms with Crippen molar-refractivity contribution in [2.24, 2.45) is 0 Å². The number of amides is 1. The molecule has 0 fully saturated rings. The minimum atomic E-state index is -3.60. The lowest BCUT2D eigenvalue weighted by Gasteiger charge is -2.24. The number of carbonyl (C=O) groups is 1. The number of anilines is 1. The van der Waals surface area contributed by atoms with E-state index >= 15 is 0 Å². The van der Waals surface area contributed by atoms with Crippen molar-refractivity contribution in [1.29, 1.82) is 0 Å². The van der Waals surface area contributed by atoms with E-state index in [0.29, 0.717) is 12.2 Å². The molecule has 0 saturated heterocycles. The van der Waals surface area contributed by atoms with Gasteiger partial charge in [-0.25, -0.2) is 8.42 Å². The molecular weight excluding hydrogens is 376 g/mol. The predicted octanol–water partition coefficient (Wildman–Crippen LogP) is 3.17. The molecule has 7 heteroatoms. The molecule has 1 amide bonds. The predicted molar refractivity (Wildman–Crippen MR) is 112 cm³/mol. The van der Waals surface area contributed by atoms with E-state index < -0.39 is 10.0 Å². The van der Waals surface area contributed by atoms with Crippen molar-refractivity contribution in [3.63, 3.8) is 0 Å². The second-order valence-electron chi connectivity index (χ2n) is 7.15. The number of hydrogen-bond donors (Lipinski definition) is 1. The fraction of sp³-hybridized carbons (Fsp3) is 0.381. The van der Waals surface area contributed by atoms with E-state index in [-0.39, 0.29) is 18.6 Å². The van der Waals surface area contributed by atoms with Crippen molar-refractivity contribution in [3.8, 4) is 5.75 Å². The molecule has 0 spiro atoms. The normalized spacial score (nSPS) is 11.4. The lowest BCUT2D eigenvalue weighted by molar-refractivity contribution is -0.119. The third-order valence-corrected chi connectivity index (χ3v) is 5.21. The second-order valence-corrected chi connectivity index (χ2v) is 9.06. The molecule has 2 rings (SSSR count). The van der Waals surface area contributed by atoms with Gasteiger partial charge in [0, 0.05) is 6.54 Å². The molecule has 0 aromatic heterocycles. The largest absolute Gasteiger partial charge is 0.491 e. The highest BCUT2D eigenvalue weighted by Crippen LogP contribution is 2.23. The fourth-order valence-electron chi connectivity index (χ4n) is 2.76. The van der Waals surface area contributed by atoms with Gasteiger partial charge in [-0.15, -0.1) is 0 Å². The first kappa shape index (κ1) is 21.8. The van der Waals surface area contributed by atoms with Crippen LogP contribution in [0.4, 0.5) is 5.69 Å². The molecular formula is C21H28N2O4S. The number of ether oxygens (including phenoxy) is 1. The molecule has 0 aliphatic rings. The third kappa shape index (κ3) is 6.27. The maximum atomic E-state index is 12.5. The van der Waals surface area contributed by atoms with Crippen molar-refractivity contribution < 1.29 is 17.9 Å².